The number of hydrogen-bond acceptors (Lipinski definition) is 5. The minimum atomic E-state index is -0.458. The zero-order valence-corrected chi connectivity index (χ0v) is 9.03. The maximum absolute atomic E-state index is 10.9. The van der Waals surface area contributed by atoms with Crippen molar-refractivity contribution in [1.82, 2.24) is 4.90 Å². The summed E-state index contributed by atoms with van der Waals surface area (Å²) in [5.74, 6) is -0.915. The maximum atomic E-state index is 10.9. The minimum Gasteiger partial charge on any atom is -0.391 e. The number of ether oxygens (including phenoxy) is 2. The molecule has 0 aromatic carbocycles. The van der Waals surface area contributed by atoms with Crippen molar-refractivity contribution in [2.45, 2.75) is 19.8 Å². The van der Waals surface area contributed by atoms with E-state index in [0.717, 1.165) is 19.4 Å². The highest BCUT2D eigenvalue weighted by Crippen LogP contribution is 2.01. The van der Waals surface area contributed by atoms with Gasteiger partial charge in [-0.2, -0.15) is 0 Å². The Bertz CT molecular complexity index is 213. The highest BCUT2D eigenvalue weighted by molar-refractivity contribution is 5.90. The zero-order valence-electron chi connectivity index (χ0n) is 9.03. The number of morpholine rings is 1. The number of esters is 2. The van der Waals surface area contributed by atoms with Gasteiger partial charge in [-0.25, -0.2) is 0 Å². The Morgan fingerprint density at radius 3 is 2.53 bits per heavy atom. The van der Waals surface area contributed by atoms with Gasteiger partial charge >= 0.3 is 11.9 Å². The van der Waals surface area contributed by atoms with E-state index in [9.17, 15) is 9.59 Å². The molecule has 15 heavy (non-hydrogen) atoms. The molecule has 0 atom stereocenters. The molecular formula is C10H17NO4. The first-order valence-electron chi connectivity index (χ1n) is 5.26. The highest BCUT2D eigenvalue weighted by Gasteiger charge is 2.23. The van der Waals surface area contributed by atoms with Crippen molar-refractivity contribution < 1.29 is 19.1 Å². The van der Waals surface area contributed by atoms with Gasteiger partial charge in [0.1, 0.15) is 0 Å². The van der Waals surface area contributed by atoms with Crippen molar-refractivity contribution in [2.75, 3.05) is 32.8 Å². The summed E-state index contributed by atoms with van der Waals surface area (Å²) in [6.07, 6.45) is 1.84. The summed E-state index contributed by atoms with van der Waals surface area (Å²) >= 11 is 0. The summed E-state index contributed by atoms with van der Waals surface area (Å²) in [5, 5.41) is 0. The van der Waals surface area contributed by atoms with Crippen LogP contribution in [0.2, 0.25) is 0 Å². The van der Waals surface area contributed by atoms with Crippen LogP contribution >= 0.6 is 0 Å². The lowest BCUT2D eigenvalue weighted by molar-refractivity contribution is -0.166. The van der Waals surface area contributed by atoms with E-state index in [0.29, 0.717) is 13.2 Å². The largest absolute Gasteiger partial charge is 0.391 e. The van der Waals surface area contributed by atoms with Crippen LogP contribution in [0.4, 0.5) is 0 Å². The summed E-state index contributed by atoms with van der Waals surface area (Å²) in [4.78, 5) is 23.6. The average Bonchev–Trinajstić information content (AvgIpc) is 2.16. The predicted octanol–water partition coefficient (Wildman–Crippen LogP) is 0.188. The van der Waals surface area contributed by atoms with Crippen LogP contribution in [0.25, 0.3) is 0 Å². The second-order valence-electron chi connectivity index (χ2n) is 3.52. The zero-order chi connectivity index (χ0) is 11.1. The smallest absolute Gasteiger partial charge is 0.327 e. The fourth-order valence-corrected chi connectivity index (χ4v) is 1.41. The van der Waals surface area contributed by atoms with Crippen LogP contribution in [0.1, 0.15) is 19.8 Å². The van der Waals surface area contributed by atoms with Crippen molar-refractivity contribution in [3.63, 3.8) is 0 Å². The van der Waals surface area contributed by atoms with Gasteiger partial charge in [-0.05, 0) is 12.8 Å². The fourth-order valence-electron chi connectivity index (χ4n) is 1.41. The molecule has 1 saturated heterocycles. The summed E-state index contributed by atoms with van der Waals surface area (Å²) in [7, 11) is 0. The van der Waals surface area contributed by atoms with Gasteiger partial charge in [0, 0.05) is 19.8 Å². The second kappa shape index (κ2) is 6.53. The van der Waals surface area contributed by atoms with Crippen molar-refractivity contribution >= 4 is 11.9 Å². The third kappa shape index (κ3) is 4.90. The summed E-state index contributed by atoms with van der Waals surface area (Å²) in [6.45, 7) is 4.61. The summed E-state index contributed by atoms with van der Waals surface area (Å²) in [5.41, 5.74) is 0. The Kier molecular flexibility index (Phi) is 5.28. The van der Waals surface area contributed by atoms with Gasteiger partial charge < -0.3 is 9.47 Å². The molecule has 0 radical (unpaired) electrons. The van der Waals surface area contributed by atoms with E-state index in [1.54, 1.807) is 4.90 Å². The summed E-state index contributed by atoms with van der Waals surface area (Å²) < 4.78 is 9.71. The first-order chi connectivity index (χ1) is 7.22. The normalized spacial score (nSPS) is 17.9. The Morgan fingerprint density at radius 1 is 1.27 bits per heavy atom. The minimum absolute atomic E-state index is 0.208. The summed E-state index contributed by atoms with van der Waals surface area (Å²) in [6, 6.07) is 0. The lowest BCUT2D eigenvalue weighted by Gasteiger charge is -2.23. The van der Waals surface area contributed by atoms with Gasteiger partial charge in [0.2, 0.25) is 0 Å². The van der Waals surface area contributed by atoms with Crippen LogP contribution in [-0.4, -0.2) is 49.7 Å². The van der Waals surface area contributed by atoms with Crippen molar-refractivity contribution in [3.05, 3.63) is 0 Å². The first kappa shape index (κ1) is 12.1. The number of carbonyl (C=O) groups is 2. The van der Waals surface area contributed by atoms with Crippen LogP contribution in [-0.2, 0) is 19.1 Å². The van der Waals surface area contributed by atoms with E-state index in [1.165, 1.54) is 0 Å². The lowest BCUT2D eigenvalue weighted by atomic mass is 10.3. The molecule has 1 rings (SSSR count). The molecule has 0 aromatic heterocycles. The van der Waals surface area contributed by atoms with E-state index in [2.05, 4.69) is 11.7 Å². The Labute approximate surface area is 89.3 Å². The molecule has 0 spiro atoms. The first-order valence-corrected chi connectivity index (χ1v) is 5.26. The van der Waals surface area contributed by atoms with Crippen LogP contribution in [0.5, 0.6) is 0 Å². The number of carbonyl (C=O) groups excluding carboxylic acids is 2. The monoisotopic (exact) mass is 215 g/mol. The van der Waals surface area contributed by atoms with Crippen LogP contribution < -0.4 is 0 Å². The molecule has 5 nitrogen and oxygen atoms in total. The van der Waals surface area contributed by atoms with Gasteiger partial charge in [0.15, 0.2) is 0 Å². The van der Waals surface area contributed by atoms with Gasteiger partial charge in [-0.3, -0.25) is 14.5 Å². The van der Waals surface area contributed by atoms with Gasteiger partial charge in [-0.1, -0.05) is 6.92 Å². The van der Waals surface area contributed by atoms with E-state index in [-0.39, 0.29) is 13.1 Å². The molecule has 0 aromatic rings. The maximum Gasteiger partial charge on any atom is 0.327 e. The van der Waals surface area contributed by atoms with Gasteiger partial charge in [0.05, 0.1) is 13.1 Å². The lowest BCUT2D eigenvalue weighted by Crippen LogP contribution is -2.43. The molecule has 1 aliphatic heterocycles. The molecule has 0 unspecified atom stereocenters. The third-order valence-electron chi connectivity index (χ3n) is 2.04. The van der Waals surface area contributed by atoms with E-state index < -0.39 is 11.9 Å². The van der Waals surface area contributed by atoms with E-state index in [1.807, 2.05) is 0 Å². The topological polar surface area (TPSA) is 55.8 Å². The van der Waals surface area contributed by atoms with Gasteiger partial charge in [-0.15, -0.1) is 0 Å². The molecule has 1 heterocycles. The quantitative estimate of drug-likeness (QED) is 0.359. The van der Waals surface area contributed by atoms with Gasteiger partial charge in [0.25, 0.3) is 0 Å². The van der Waals surface area contributed by atoms with Crippen molar-refractivity contribution in [1.29, 1.82) is 0 Å². The van der Waals surface area contributed by atoms with Crippen LogP contribution in [0.15, 0.2) is 0 Å². The molecule has 0 bridgehead atoms. The standard InChI is InChI=1S/C10H17NO4/c1-2-5-14-6-3-4-11-7-9(12)15-10(13)8-11/h2-8H2,1H3. The van der Waals surface area contributed by atoms with E-state index in [4.69, 9.17) is 4.74 Å². The predicted molar refractivity (Wildman–Crippen MR) is 53.3 cm³/mol. The molecule has 0 amide bonds. The number of rotatable bonds is 6. The molecular weight excluding hydrogens is 198 g/mol. The molecule has 5 heteroatoms. The SMILES string of the molecule is CCCOCCCN1CC(=O)OC(=O)C1. The fraction of sp³-hybridized carbons (Fsp3) is 0.800. The van der Waals surface area contributed by atoms with Crippen molar-refractivity contribution in [3.8, 4) is 0 Å². The molecule has 1 aliphatic rings. The van der Waals surface area contributed by atoms with Crippen LogP contribution in [0, 0.1) is 0 Å². The number of hydrogen-bond donors (Lipinski definition) is 0. The van der Waals surface area contributed by atoms with Crippen LogP contribution in [0.3, 0.4) is 0 Å². The molecule has 1 fully saturated rings. The van der Waals surface area contributed by atoms with E-state index >= 15 is 0 Å². The molecule has 0 aliphatic carbocycles. The molecule has 86 valence electrons. The van der Waals surface area contributed by atoms with Crippen molar-refractivity contribution in [2.24, 2.45) is 0 Å². The Morgan fingerprint density at radius 2 is 1.93 bits per heavy atom. The Hall–Kier alpha value is -0.940. The number of cyclic esters (lactones) is 2. The second-order valence-corrected chi connectivity index (χ2v) is 3.52. The third-order valence-corrected chi connectivity index (χ3v) is 2.04. The molecule has 0 N–H and O–H groups in total. The number of nitrogens with zero attached hydrogens (tertiary/aromatic N) is 1. The highest BCUT2D eigenvalue weighted by atomic mass is 16.6. The Balaban J connectivity index is 2.10. The average molecular weight is 215 g/mol. The molecule has 0 saturated carbocycles.